The molecule has 3 rings (SSSR count). The molecule has 0 saturated carbocycles. The number of nitrogens with zero attached hydrogens (tertiary/aromatic N) is 2. The number of halogens is 1. The van der Waals surface area contributed by atoms with Crippen LogP contribution in [0.1, 0.15) is 42.8 Å². The van der Waals surface area contributed by atoms with Gasteiger partial charge in [-0.25, -0.2) is 0 Å². The lowest BCUT2D eigenvalue weighted by Crippen LogP contribution is -2.26. The van der Waals surface area contributed by atoms with Gasteiger partial charge < -0.3 is 9.84 Å². The number of nitrogens with one attached hydrogen (secondary N) is 1. The number of aromatic nitrogens is 2. The Morgan fingerprint density at radius 2 is 1.85 bits per heavy atom. The third-order valence-corrected chi connectivity index (χ3v) is 4.57. The fourth-order valence-electron chi connectivity index (χ4n) is 2.72. The molecule has 0 fully saturated rings. The Hall–Kier alpha value is -2.66. The van der Waals surface area contributed by atoms with Gasteiger partial charge >= 0.3 is 0 Å². The molecule has 0 aliphatic rings. The first-order valence-corrected chi connectivity index (χ1v) is 9.33. The normalized spacial score (nSPS) is 12.0. The van der Waals surface area contributed by atoms with Crippen molar-refractivity contribution >= 4 is 17.5 Å². The van der Waals surface area contributed by atoms with Crippen LogP contribution in [0.5, 0.6) is 0 Å². The Kier molecular flexibility index (Phi) is 6.24. The van der Waals surface area contributed by atoms with E-state index in [4.69, 9.17) is 16.1 Å². The number of carbonyl (C=O) groups is 1. The minimum absolute atomic E-state index is 0.0144. The maximum atomic E-state index is 12.2. The van der Waals surface area contributed by atoms with Gasteiger partial charge in [-0.3, -0.25) is 4.79 Å². The fourth-order valence-corrected chi connectivity index (χ4v) is 2.85. The Balaban J connectivity index is 1.46. The first-order valence-electron chi connectivity index (χ1n) is 8.96. The monoisotopic (exact) mass is 383 g/mol. The summed E-state index contributed by atoms with van der Waals surface area (Å²) >= 11 is 5.88. The zero-order valence-corrected chi connectivity index (χ0v) is 16.2. The molecule has 0 aliphatic heterocycles. The van der Waals surface area contributed by atoms with Gasteiger partial charge in [0.2, 0.25) is 17.6 Å². The number of amides is 1. The summed E-state index contributed by atoms with van der Waals surface area (Å²) in [5.74, 6) is 1.07. The van der Waals surface area contributed by atoms with E-state index >= 15 is 0 Å². The molecule has 1 amide bonds. The van der Waals surface area contributed by atoms with Crippen molar-refractivity contribution in [2.75, 3.05) is 0 Å². The summed E-state index contributed by atoms with van der Waals surface area (Å²) in [5, 5.41) is 7.66. The minimum atomic E-state index is -0.0157. The lowest BCUT2D eigenvalue weighted by atomic mass is 10.1. The molecule has 1 N–H and O–H groups in total. The molecule has 0 aliphatic carbocycles. The Morgan fingerprint density at radius 1 is 1.15 bits per heavy atom. The molecule has 0 saturated heterocycles. The van der Waals surface area contributed by atoms with Crippen LogP contribution in [0.15, 0.2) is 53.1 Å². The van der Waals surface area contributed by atoms with Gasteiger partial charge in [-0.2, -0.15) is 4.98 Å². The maximum absolute atomic E-state index is 12.2. The molecule has 1 aromatic heterocycles. The molecule has 5 nitrogen and oxygen atoms in total. The number of hydrogen-bond donors (Lipinski definition) is 1. The lowest BCUT2D eigenvalue weighted by molar-refractivity contribution is -0.121. The molecule has 3 aromatic rings. The van der Waals surface area contributed by atoms with Gasteiger partial charge in [0, 0.05) is 23.4 Å². The number of aryl methyl sites for hydroxylation is 2. The Morgan fingerprint density at radius 3 is 2.56 bits per heavy atom. The molecule has 140 valence electrons. The average molecular weight is 384 g/mol. The highest BCUT2D eigenvalue weighted by Gasteiger charge is 2.12. The topological polar surface area (TPSA) is 68.0 Å². The average Bonchev–Trinajstić information content (AvgIpc) is 3.11. The largest absolute Gasteiger partial charge is 0.350 e. The van der Waals surface area contributed by atoms with Crippen molar-refractivity contribution in [3.63, 3.8) is 0 Å². The van der Waals surface area contributed by atoms with Gasteiger partial charge in [-0.1, -0.05) is 46.6 Å². The van der Waals surface area contributed by atoms with Crippen molar-refractivity contribution in [2.45, 2.75) is 39.2 Å². The van der Waals surface area contributed by atoms with Gasteiger partial charge in [-0.05, 0) is 50.1 Å². The molecule has 6 heteroatoms. The molecule has 27 heavy (non-hydrogen) atoms. The van der Waals surface area contributed by atoms with E-state index in [2.05, 4.69) is 15.5 Å². The zero-order valence-electron chi connectivity index (χ0n) is 15.4. The van der Waals surface area contributed by atoms with E-state index in [1.807, 2.05) is 50.2 Å². The van der Waals surface area contributed by atoms with E-state index in [-0.39, 0.29) is 11.9 Å². The summed E-state index contributed by atoms with van der Waals surface area (Å²) in [5.41, 5.74) is 3.15. The van der Waals surface area contributed by atoms with Crippen molar-refractivity contribution in [3.05, 3.63) is 70.6 Å². The van der Waals surface area contributed by atoms with Crippen molar-refractivity contribution in [2.24, 2.45) is 0 Å². The molecule has 1 heterocycles. The summed E-state index contributed by atoms with van der Waals surface area (Å²) in [6.07, 6.45) is 1.62. The predicted octanol–water partition coefficient (Wildman–Crippen LogP) is 4.90. The molecule has 1 atom stereocenters. The third-order valence-electron chi connectivity index (χ3n) is 4.32. The summed E-state index contributed by atoms with van der Waals surface area (Å²) in [6.45, 7) is 4.03. The number of benzene rings is 2. The minimum Gasteiger partial charge on any atom is -0.350 e. The van der Waals surface area contributed by atoms with Gasteiger partial charge in [0.25, 0.3) is 0 Å². The Labute approximate surface area is 163 Å². The van der Waals surface area contributed by atoms with Gasteiger partial charge in [0.05, 0.1) is 6.04 Å². The van der Waals surface area contributed by atoms with Crippen LogP contribution in [-0.2, 0) is 11.2 Å². The lowest BCUT2D eigenvalue weighted by Gasteiger charge is -2.14. The van der Waals surface area contributed by atoms with Crippen LogP contribution >= 0.6 is 11.6 Å². The summed E-state index contributed by atoms with van der Waals surface area (Å²) < 4.78 is 5.27. The Bertz CT molecular complexity index is 889. The van der Waals surface area contributed by atoms with E-state index in [9.17, 15) is 4.79 Å². The SMILES string of the molecule is Cc1ccc(C(C)NC(=O)CCCc2nc(-c3ccc(Cl)cc3)no2)cc1. The van der Waals surface area contributed by atoms with Gasteiger partial charge in [0.15, 0.2) is 0 Å². The highest BCUT2D eigenvalue weighted by atomic mass is 35.5. The fraction of sp³-hybridized carbons (Fsp3) is 0.286. The maximum Gasteiger partial charge on any atom is 0.226 e. The second-order valence-electron chi connectivity index (χ2n) is 6.57. The molecule has 1 unspecified atom stereocenters. The first kappa shape index (κ1) is 19.1. The third kappa shape index (κ3) is 5.41. The van der Waals surface area contributed by atoms with Crippen LogP contribution in [-0.4, -0.2) is 16.0 Å². The van der Waals surface area contributed by atoms with E-state index in [0.717, 1.165) is 11.1 Å². The van der Waals surface area contributed by atoms with Crippen molar-refractivity contribution in [3.8, 4) is 11.4 Å². The van der Waals surface area contributed by atoms with Crippen molar-refractivity contribution in [1.29, 1.82) is 0 Å². The number of hydrogen-bond acceptors (Lipinski definition) is 4. The number of carbonyl (C=O) groups excluding carboxylic acids is 1. The molecule has 0 spiro atoms. The summed E-state index contributed by atoms with van der Waals surface area (Å²) in [7, 11) is 0. The van der Waals surface area contributed by atoms with E-state index < -0.39 is 0 Å². The molecular formula is C21H22ClN3O2. The summed E-state index contributed by atoms with van der Waals surface area (Å²) in [4.78, 5) is 16.5. The predicted molar refractivity (Wildman–Crippen MR) is 105 cm³/mol. The van der Waals surface area contributed by atoms with Crippen LogP contribution in [0.4, 0.5) is 0 Å². The number of rotatable bonds is 7. The van der Waals surface area contributed by atoms with Crippen LogP contribution in [0.25, 0.3) is 11.4 Å². The highest BCUT2D eigenvalue weighted by molar-refractivity contribution is 6.30. The van der Waals surface area contributed by atoms with Crippen molar-refractivity contribution < 1.29 is 9.32 Å². The molecular weight excluding hydrogens is 362 g/mol. The molecule has 0 bridgehead atoms. The zero-order chi connectivity index (χ0) is 19.2. The highest BCUT2D eigenvalue weighted by Crippen LogP contribution is 2.19. The molecule has 2 aromatic carbocycles. The van der Waals surface area contributed by atoms with Gasteiger partial charge in [0.1, 0.15) is 0 Å². The first-order chi connectivity index (χ1) is 13.0. The molecule has 0 radical (unpaired) electrons. The smallest absolute Gasteiger partial charge is 0.226 e. The van der Waals surface area contributed by atoms with Gasteiger partial charge in [-0.15, -0.1) is 0 Å². The second-order valence-corrected chi connectivity index (χ2v) is 7.01. The van der Waals surface area contributed by atoms with Crippen LogP contribution in [0.3, 0.4) is 0 Å². The van der Waals surface area contributed by atoms with Crippen LogP contribution in [0.2, 0.25) is 5.02 Å². The van der Waals surface area contributed by atoms with Crippen molar-refractivity contribution in [1.82, 2.24) is 15.5 Å². The summed E-state index contributed by atoms with van der Waals surface area (Å²) in [6, 6.07) is 15.4. The van der Waals surface area contributed by atoms with Crippen LogP contribution < -0.4 is 5.32 Å². The standard InChI is InChI=1S/C21H22ClN3O2/c1-14-6-8-16(9-7-14)15(2)23-19(26)4-3-5-20-24-21(25-27-20)17-10-12-18(22)13-11-17/h6-13,15H,3-5H2,1-2H3,(H,23,26). The second kappa shape index (κ2) is 8.82. The quantitative estimate of drug-likeness (QED) is 0.630. The van der Waals surface area contributed by atoms with E-state index in [0.29, 0.717) is 36.0 Å². The van der Waals surface area contributed by atoms with E-state index in [1.54, 1.807) is 12.1 Å². The van der Waals surface area contributed by atoms with Crippen LogP contribution in [0, 0.1) is 6.92 Å². The van der Waals surface area contributed by atoms with E-state index in [1.165, 1.54) is 5.56 Å².